The van der Waals surface area contributed by atoms with E-state index in [0.717, 1.165) is 5.56 Å². The van der Waals surface area contributed by atoms with Gasteiger partial charge >= 0.3 is 5.97 Å². The van der Waals surface area contributed by atoms with Crippen LogP contribution in [-0.2, 0) is 9.53 Å². The maximum atomic E-state index is 11.3. The molecule has 0 saturated heterocycles. The lowest BCUT2D eigenvalue weighted by Gasteiger charge is -2.08. The van der Waals surface area contributed by atoms with Gasteiger partial charge in [-0.05, 0) is 38.1 Å². The van der Waals surface area contributed by atoms with E-state index in [-0.39, 0.29) is 5.97 Å². The minimum atomic E-state index is -0.372. The molecule has 0 unspecified atom stereocenters. The second-order valence-electron chi connectivity index (χ2n) is 3.42. The van der Waals surface area contributed by atoms with E-state index in [9.17, 15) is 4.79 Å². The Balaban J connectivity index is 2.92. The standard InChI is InChI=1S/C14H18O4/c1-4-17-13-8-7-12(16-3)10-11(13)6-9-14(15)18-5-2/h6-10H,4-5H2,1-3H3/b9-6+. The second kappa shape index (κ2) is 7.37. The fourth-order valence-corrected chi connectivity index (χ4v) is 1.42. The first-order valence-electron chi connectivity index (χ1n) is 5.87. The van der Waals surface area contributed by atoms with Crippen molar-refractivity contribution in [3.63, 3.8) is 0 Å². The number of esters is 1. The van der Waals surface area contributed by atoms with Crippen LogP contribution in [0, 0.1) is 0 Å². The van der Waals surface area contributed by atoms with Gasteiger partial charge in [-0.15, -0.1) is 0 Å². The van der Waals surface area contributed by atoms with Gasteiger partial charge in [-0.3, -0.25) is 0 Å². The zero-order chi connectivity index (χ0) is 13.4. The van der Waals surface area contributed by atoms with E-state index in [1.54, 1.807) is 26.2 Å². The summed E-state index contributed by atoms with van der Waals surface area (Å²) in [6.07, 6.45) is 3.03. The molecule has 0 saturated carbocycles. The third kappa shape index (κ3) is 4.13. The Hall–Kier alpha value is -1.97. The average molecular weight is 250 g/mol. The molecule has 98 valence electrons. The number of carbonyl (C=O) groups is 1. The van der Waals surface area contributed by atoms with Crippen LogP contribution < -0.4 is 9.47 Å². The van der Waals surface area contributed by atoms with Gasteiger partial charge in [0, 0.05) is 11.6 Å². The SMILES string of the molecule is CCOC(=O)/C=C/c1cc(OC)ccc1OCC. The van der Waals surface area contributed by atoms with Gasteiger partial charge in [0.05, 0.1) is 20.3 Å². The second-order valence-corrected chi connectivity index (χ2v) is 3.42. The summed E-state index contributed by atoms with van der Waals surface area (Å²) in [7, 11) is 1.59. The Labute approximate surface area is 107 Å². The summed E-state index contributed by atoms with van der Waals surface area (Å²) in [6, 6.07) is 5.43. The Kier molecular flexibility index (Phi) is 5.77. The lowest BCUT2D eigenvalue weighted by molar-refractivity contribution is -0.137. The van der Waals surface area contributed by atoms with Crippen LogP contribution in [0.15, 0.2) is 24.3 Å². The molecule has 1 rings (SSSR count). The van der Waals surface area contributed by atoms with Crippen LogP contribution in [0.1, 0.15) is 19.4 Å². The summed E-state index contributed by atoms with van der Waals surface area (Å²) in [5.74, 6) is 1.04. The Bertz CT molecular complexity index is 424. The molecule has 4 nitrogen and oxygen atoms in total. The normalized spacial score (nSPS) is 10.4. The van der Waals surface area contributed by atoms with Gasteiger partial charge in [-0.2, -0.15) is 0 Å². The maximum absolute atomic E-state index is 11.3. The van der Waals surface area contributed by atoms with Crippen molar-refractivity contribution in [2.75, 3.05) is 20.3 Å². The molecule has 0 heterocycles. The highest BCUT2D eigenvalue weighted by molar-refractivity contribution is 5.87. The van der Waals surface area contributed by atoms with Gasteiger partial charge in [0.25, 0.3) is 0 Å². The lowest BCUT2D eigenvalue weighted by atomic mass is 10.1. The van der Waals surface area contributed by atoms with Crippen molar-refractivity contribution >= 4 is 12.0 Å². The lowest BCUT2D eigenvalue weighted by Crippen LogP contribution is -1.99. The molecule has 0 aliphatic rings. The summed E-state index contributed by atoms with van der Waals surface area (Å²) >= 11 is 0. The molecule has 18 heavy (non-hydrogen) atoms. The van der Waals surface area contributed by atoms with Gasteiger partial charge in [-0.1, -0.05) is 0 Å². The zero-order valence-corrected chi connectivity index (χ0v) is 10.9. The van der Waals surface area contributed by atoms with Crippen LogP contribution in [0.5, 0.6) is 11.5 Å². The molecular weight excluding hydrogens is 232 g/mol. The molecule has 4 heteroatoms. The van der Waals surface area contributed by atoms with Crippen LogP contribution in [0.4, 0.5) is 0 Å². The van der Waals surface area contributed by atoms with Gasteiger partial charge < -0.3 is 14.2 Å². The highest BCUT2D eigenvalue weighted by Crippen LogP contribution is 2.25. The Morgan fingerprint density at radius 2 is 2.06 bits per heavy atom. The van der Waals surface area contributed by atoms with E-state index in [4.69, 9.17) is 14.2 Å². The number of carbonyl (C=O) groups excluding carboxylic acids is 1. The van der Waals surface area contributed by atoms with Crippen molar-refractivity contribution in [1.29, 1.82) is 0 Å². The fraction of sp³-hybridized carbons (Fsp3) is 0.357. The quantitative estimate of drug-likeness (QED) is 0.575. The van der Waals surface area contributed by atoms with Gasteiger partial charge in [-0.25, -0.2) is 4.79 Å². The predicted molar refractivity (Wildman–Crippen MR) is 69.8 cm³/mol. The van der Waals surface area contributed by atoms with Crippen molar-refractivity contribution in [3.8, 4) is 11.5 Å². The molecule has 0 bridgehead atoms. The van der Waals surface area contributed by atoms with E-state index >= 15 is 0 Å². The number of benzene rings is 1. The van der Waals surface area contributed by atoms with Crippen molar-refractivity contribution in [1.82, 2.24) is 0 Å². The molecule has 0 fully saturated rings. The Morgan fingerprint density at radius 3 is 2.67 bits per heavy atom. The number of ether oxygens (including phenoxy) is 3. The molecule has 0 spiro atoms. The number of rotatable bonds is 6. The first kappa shape index (κ1) is 14.1. The highest BCUT2D eigenvalue weighted by atomic mass is 16.5. The molecular formula is C14H18O4. The highest BCUT2D eigenvalue weighted by Gasteiger charge is 2.03. The summed E-state index contributed by atoms with van der Waals surface area (Å²) < 4.78 is 15.4. The van der Waals surface area contributed by atoms with Gasteiger partial charge in [0.2, 0.25) is 0 Å². The van der Waals surface area contributed by atoms with E-state index in [1.165, 1.54) is 6.08 Å². The molecule has 0 atom stereocenters. The zero-order valence-electron chi connectivity index (χ0n) is 10.9. The molecule has 0 N–H and O–H groups in total. The molecule has 0 aromatic heterocycles. The summed E-state index contributed by atoms with van der Waals surface area (Å²) in [4.78, 5) is 11.3. The smallest absolute Gasteiger partial charge is 0.330 e. The predicted octanol–water partition coefficient (Wildman–Crippen LogP) is 2.67. The Morgan fingerprint density at radius 1 is 1.28 bits per heavy atom. The number of methoxy groups -OCH3 is 1. The minimum absolute atomic E-state index is 0.361. The molecule has 0 aliphatic heterocycles. The van der Waals surface area contributed by atoms with Crippen LogP contribution in [0.25, 0.3) is 6.08 Å². The number of hydrogen-bond acceptors (Lipinski definition) is 4. The first-order chi connectivity index (χ1) is 8.71. The maximum Gasteiger partial charge on any atom is 0.330 e. The van der Waals surface area contributed by atoms with E-state index in [0.29, 0.717) is 24.7 Å². The summed E-state index contributed by atoms with van der Waals surface area (Å²) in [5, 5.41) is 0. The van der Waals surface area contributed by atoms with E-state index in [1.807, 2.05) is 19.1 Å². The molecule has 0 amide bonds. The van der Waals surface area contributed by atoms with E-state index < -0.39 is 0 Å². The van der Waals surface area contributed by atoms with E-state index in [2.05, 4.69) is 0 Å². The third-order valence-corrected chi connectivity index (χ3v) is 2.20. The molecule has 0 radical (unpaired) electrons. The van der Waals surface area contributed by atoms with Crippen LogP contribution in [0.2, 0.25) is 0 Å². The van der Waals surface area contributed by atoms with Crippen molar-refractivity contribution in [2.45, 2.75) is 13.8 Å². The van der Waals surface area contributed by atoms with Crippen molar-refractivity contribution in [3.05, 3.63) is 29.8 Å². The van der Waals surface area contributed by atoms with Crippen LogP contribution in [-0.4, -0.2) is 26.3 Å². The monoisotopic (exact) mass is 250 g/mol. The number of hydrogen-bond donors (Lipinski definition) is 0. The first-order valence-corrected chi connectivity index (χ1v) is 5.87. The summed E-state index contributed by atoms with van der Waals surface area (Å²) in [5.41, 5.74) is 0.782. The van der Waals surface area contributed by atoms with Crippen molar-refractivity contribution in [2.24, 2.45) is 0 Å². The summed E-state index contributed by atoms with van der Waals surface area (Å²) in [6.45, 7) is 4.60. The molecule has 1 aromatic rings. The van der Waals surface area contributed by atoms with Crippen LogP contribution >= 0.6 is 0 Å². The fourth-order valence-electron chi connectivity index (χ4n) is 1.42. The van der Waals surface area contributed by atoms with Gasteiger partial charge in [0.15, 0.2) is 0 Å². The molecule has 1 aromatic carbocycles. The van der Waals surface area contributed by atoms with Crippen LogP contribution in [0.3, 0.4) is 0 Å². The topological polar surface area (TPSA) is 44.8 Å². The van der Waals surface area contributed by atoms with Gasteiger partial charge in [0.1, 0.15) is 11.5 Å². The average Bonchev–Trinajstić information content (AvgIpc) is 2.38. The third-order valence-electron chi connectivity index (χ3n) is 2.20. The van der Waals surface area contributed by atoms with Crippen molar-refractivity contribution < 1.29 is 19.0 Å². The largest absolute Gasteiger partial charge is 0.497 e. The minimum Gasteiger partial charge on any atom is -0.497 e. The molecule has 0 aliphatic carbocycles.